The topological polar surface area (TPSA) is 42.9 Å². The van der Waals surface area contributed by atoms with Gasteiger partial charge in [0.2, 0.25) is 0 Å². The highest BCUT2D eigenvalue weighted by molar-refractivity contribution is 14.0. The van der Waals surface area contributed by atoms with Crippen LogP contribution in [-0.2, 0) is 0 Å². The van der Waals surface area contributed by atoms with E-state index in [0.29, 0.717) is 6.04 Å². The van der Waals surface area contributed by atoms with Gasteiger partial charge in [-0.15, -0.1) is 24.0 Å². The van der Waals surface area contributed by atoms with Gasteiger partial charge in [0.05, 0.1) is 6.04 Å². The van der Waals surface area contributed by atoms with E-state index >= 15 is 0 Å². The fourth-order valence-electron chi connectivity index (χ4n) is 4.37. The molecule has 2 unspecified atom stereocenters. The van der Waals surface area contributed by atoms with E-state index in [0.717, 1.165) is 30.7 Å². The molecular weight excluding hydrogens is 468 g/mol. The molecule has 0 aromatic heterocycles. The van der Waals surface area contributed by atoms with Gasteiger partial charge in [0.25, 0.3) is 0 Å². The summed E-state index contributed by atoms with van der Waals surface area (Å²) in [6.07, 6.45) is 6.67. The predicted octanol–water partition coefficient (Wildman–Crippen LogP) is 3.23. The Morgan fingerprint density at radius 1 is 1.21 bits per heavy atom. The van der Waals surface area contributed by atoms with Crippen LogP contribution in [0.2, 0.25) is 0 Å². The lowest BCUT2D eigenvalue weighted by Crippen LogP contribution is -2.47. The smallest absolute Gasteiger partial charge is 0.191 e. The standard InChI is InChI=1S/C21H34FN5.HI/c1-23-21(25-18-12-13-27(15-18)19-6-4-5-7-19)24-14-20(26(2)3)16-8-10-17(22)11-9-16;/h8-11,18-20H,4-7,12-15H2,1-3H3,(H2,23,24,25);1H. The van der Waals surface area contributed by atoms with E-state index in [1.54, 1.807) is 0 Å². The van der Waals surface area contributed by atoms with Gasteiger partial charge in [-0.25, -0.2) is 4.39 Å². The second-order valence-electron chi connectivity index (χ2n) is 8.05. The van der Waals surface area contributed by atoms with E-state index in [4.69, 9.17) is 0 Å². The van der Waals surface area contributed by atoms with Crippen LogP contribution in [0, 0.1) is 5.82 Å². The Morgan fingerprint density at radius 2 is 1.89 bits per heavy atom. The summed E-state index contributed by atoms with van der Waals surface area (Å²) in [6.45, 7) is 3.02. The van der Waals surface area contributed by atoms with Crippen LogP contribution < -0.4 is 10.6 Å². The summed E-state index contributed by atoms with van der Waals surface area (Å²) in [6, 6.07) is 8.17. The van der Waals surface area contributed by atoms with Crippen molar-refractivity contribution >= 4 is 29.9 Å². The van der Waals surface area contributed by atoms with Crippen LogP contribution in [0.3, 0.4) is 0 Å². The van der Waals surface area contributed by atoms with E-state index in [-0.39, 0.29) is 35.8 Å². The maximum absolute atomic E-state index is 13.2. The summed E-state index contributed by atoms with van der Waals surface area (Å²) in [4.78, 5) is 9.21. The Labute approximate surface area is 186 Å². The zero-order valence-electron chi connectivity index (χ0n) is 17.3. The maximum atomic E-state index is 13.2. The molecule has 5 nitrogen and oxygen atoms in total. The minimum absolute atomic E-state index is 0. The fourth-order valence-corrected chi connectivity index (χ4v) is 4.37. The van der Waals surface area contributed by atoms with Gasteiger partial charge in [-0.05, 0) is 51.1 Å². The minimum Gasteiger partial charge on any atom is -0.354 e. The van der Waals surface area contributed by atoms with Gasteiger partial charge >= 0.3 is 0 Å². The van der Waals surface area contributed by atoms with Gasteiger partial charge < -0.3 is 15.5 Å². The van der Waals surface area contributed by atoms with E-state index in [2.05, 4.69) is 25.4 Å². The summed E-state index contributed by atoms with van der Waals surface area (Å²) >= 11 is 0. The van der Waals surface area contributed by atoms with Gasteiger partial charge in [0.1, 0.15) is 5.82 Å². The second-order valence-corrected chi connectivity index (χ2v) is 8.05. The van der Waals surface area contributed by atoms with Crippen LogP contribution in [0.25, 0.3) is 0 Å². The van der Waals surface area contributed by atoms with Crippen molar-refractivity contribution < 1.29 is 4.39 Å². The number of aliphatic imine (C=N–C) groups is 1. The molecule has 2 fully saturated rings. The molecule has 1 aromatic carbocycles. The number of likely N-dealkylation sites (tertiary alicyclic amines) is 1. The predicted molar refractivity (Wildman–Crippen MR) is 125 cm³/mol. The molecule has 2 N–H and O–H groups in total. The number of rotatable bonds is 6. The highest BCUT2D eigenvalue weighted by Crippen LogP contribution is 2.26. The van der Waals surface area contributed by atoms with E-state index in [1.807, 2.05) is 33.3 Å². The molecule has 0 bridgehead atoms. The van der Waals surface area contributed by atoms with Gasteiger partial charge in [0.15, 0.2) is 5.96 Å². The van der Waals surface area contributed by atoms with Crippen LogP contribution in [0.5, 0.6) is 0 Å². The zero-order valence-corrected chi connectivity index (χ0v) is 19.7. The van der Waals surface area contributed by atoms with E-state index in [9.17, 15) is 4.39 Å². The van der Waals surface area contributed by atoms with Crippen molar-refractivity contribution in [2.24, 2.45) is 4.99 Å². The third-order valence-corrected chi connectivity index (χ3v) is 5.97. The molecule has 1 heterocycles. The normalized spacial score (nSPS) is 22.3. The van der Waals surface area contributed by atoms with Gasteiger partial charge in [-0.3, -0.25) is 9.89 Å². The second kappa shape index (κ2) is 11.3. The lowest BCUT2D eigenvalue weighted by Gasteiger charge is -2.27. The number of nitrogens with zero attached hydrogens (tertiary/aromatic N) is 3. The third-order valence-electron chi connectivity index (χ3n) is 5.97. The number of halogens is 2. The van der Waals surface area contributed by atoms with E-state index < -0.39 is 0 Å². The molecular formula is C21H35FIN5. The Hall–Kier alpha value is -0.930. The van der Waals surface area contributed by atoms with Crippen molar-refractivity contribution in [1.29, 1.82) is 0 Å². The Kier molecular flexibility index (Phi) is 9.43. The van der Waals surface area contributed by atoms with Crippen LogP contribution in [0.15, 0.2) is 29.3 Å². The Bertz CT molecular complexity index is 616. The van der Waals surface area contributed by atoms with Gasteiger partial charge in [0, 0.05) is 38.8 Å². The number of hydrogen-bond acceptors (Lipinski definition) is 3. The zero-order chi connectivity index (χ0) is 19.2. The van der Waals surface area contributed by atoms with E-state index in [1.165, 1.54) is 50.8 Å². The number of hydrogen-bond donors (Lipinski definition) is 2. The van der Waals surface area contributed by atoms with Crippen molar-refractivity contribution in [3.63, 3.8) is 0 Å². The summed E-state index contributed by atoms with van der Waals surface area (Å²) < 4.78 is 13.2. The van der Waals surface area contributed by atoms with Crippen molar-refractivity contribution in [2.75, 3.05) is 40.8 Å². The average Bonchev–Trinajstić information content (AvgIpc) is 3.33. The molecule has 158 valence electrons. The molecule has 3 rings (SSSR count). The lowest BCUT2D eigenvalue weighted by atomic mass is 10.1. The summed E-state index contributed by atoms with van der Waals surface area (Å²) in [5.74, 6) is 0.650. The van der Waals surface area contributed by atoms with Crippen molar-refractivity contribution in [1.82, 2.24) is 20.4 Å². The lowest BCUT2D eigenvalue weighted by molar-refractivity contribution is 0.242. The summed E-state index contributed by atoms with van der Waals surface area (Å²) in [5, 5.41) is 7.05. The van der Waals surface area contributed by atoms with Crippen LogP contribution >= 0.6 is 24.0 Å². The first kappa shape index (κ1) is 23.3. The number of guanidine groups is 1. The van der Waals surface area contributed by atoms with Crippen molar-refractivity contribution in [2.45, 2.75) is 50.2 Å². The maximum Gasteiger partial charge on any atom is 0.191 e. The van der Waals surface area contributed by atoms with Crippen molar-refractivity contribution in [3.05, 3.63) is 35.6 Å². The van der Waals surface area contributed by atoms with Gasteiger partial charge in [-0.1, -0.05) is 25.0 Å². The molecule has 0 radical (unpaired) electrons. The molecule has 1 saturated carbocycles. The molecule has 0 amide bonds. The molecule has 0 spiro atoms. The summed E-state index contributed by atoms with van der Waals surface area (Å²) in [5.41, 5.74) is 1.10. The SMILES string of the molecule is CN=C(NCC(c1ccc(F)cc1)N(C)C)NC1CCN(C2CCCC2)C1.I. The highest BCUT2D eigenvalue weighted by Gasteiger charge is 2.30. The Balaban J connectivity index is 0.00000280. The molecule has 2 atom stereocenters. The number of likely N-dealkylation sites (N-methyl/N-ethyl adjacent to an activating group) is 1. The molecule has 7 heteroatoms. The average molecular weight is 503 g/mol. The molecule has 1 aromatic rings. The first-order valence-corrected chi connectivity index (χ1v) is 10.2. The Morgan fingerprint density at radius 3 is 2.50 bits per heavy atom. The monoisotopic (exact) mass is 503 g/mol. The van der Waals surface area contributed by atoms with Crippen LogP contribution in [0.1, 0.15) is 43.7 Å². The van der Waals surface area contributed by atoms with Crippen molar-refractivity contribution in [3.8, 4) is 0 Å². The molecule has 2 aliphatic rings. The molecule has 28 heavy (non-hydrogen) atoms. The quantitative estimate of drug-likeness (QED) is 0.356. The number of nitrogens with one attached hydrogen (secondary N) is 2. The molecule has 1 saturated heterocycles. The minimum atomic E-state index is -0.199. The first-order chi connectivity index (χ1) is 13.1. The largest absolute Gasteiger partial charge is 0.354 e. The van der Waals surface area contributed by atoms with Gasteiger partial charge in [-0.2, -0.15) is 0 Å². The first-order valence-electron chi connectivity index (χ1n) is 10.2. The fraction of sp³-hybridized carbons (Fsp3) is 0.667. The molecule has 1 aliphatic carbocycles. The number of benzene rings is 1. The third kappa shape index (κ3) is 6.29. The van der Waals surface area contributed by atoms with Crippen LogP contribution in [0.4, 0.5) is 4.39 Å². The van der Waals surface area contributed by atoms with Crippen LogP contribution in [-0.4, -0.2) is 68.6 Å². The highest BCUT2D eigenvalue weighted by atomic mass is 127. The molecule has 1 aliphatic heterocycles. The summed E-state index contributed by atoms with van der Waals surface area (Å²) in [7, 11) is 5.91.